The molecule has 0 heterocycles. The molecule has 0 spiro atoms. The number of rotatable bonds is 4. The highest BCUT2D eigenvalue weighted by molar-refractivity contribution is 9.09. The minimum atomic E-state index is -0.725. The zero-order valence-electron chi connectivity index (χ0n) is 8.15. The molecule has 0 radical (unpaired) electrons. The van der Waals surface area contributed by atoms with Crippen molar-refractivity contribution in [3.63, 3.8) is 0 Å². The van der Waals surface area contributed by atoms with Crippen LogP contribution in [0.2, 0.25) is 0 Å². The molecule has 0 aliphatic rings. The van der Waals surface area contributed by atoms with Crippen LogP contribution in [0.1, 0.15) is 34.1 Å². The Hall–Kier alpha value is -0.0500. The van der Waals surface area contributed by atoms with E-state index in [2.05, 4.69) is 29.8 Å². The lowest BCUT2D eigenvalue weighted by Crippen LogP contribution is -2.31. The van der Waals surface area contributed by atoms with Crippen LogP contribution in [0.3, 0.4) is 0 Å². The average Bonchev–Trinajstić information content (AvgIpc) is 1.85. The second kappa shape index (κ2) is 3.77. The summed E-state index contributed by atoms with van der Waals surface area (Å²) in [5.41, 5.74) is -0.584. The van der Waals surface area contributed by atoms with Crippen LogP contribution >= 0.6 is 15.9 Å². The molecular formula is C9H17BrO2. The third kappa shape index (κ3) is 3.57. The first-order valence-electron chi connectivity index (χ1n) is 4.01. The molecular weight excluding hydrogens is 220 g/mol. The van der Waals surface area contributed by atoms with Crippen LogP contribution in [0.4, 0.5) is 0 Å². The van der Waals surface area contributed by atoms with Gasteiger partial charge in [-0.15, -0.1) is 0 Å². The van der Waals surface area contributed by atoms with Crippen LogP contribution in [-0.2, 0) is 4.79 Å². The van der Waals surface area contributed by atoms with Crippen molar-refractivity contribution in [1.29, 1.82) is 0 Å². The number of hydrogen-bond acceptors (Lipinski definition) is 1. The van der Waals surface area contributed by atoms with Gasteiger partial charge in [0.2, 0.25) is 0 Å². The molecule has 3 heteroatoms. The largest absolute Gasteiger partial charge is 0.481 e. The first-order valence-corrected chi connectivity index (χ1v) is 5.13. The summed E-state index contributed by atoms with van der Waals surface area (Å²) in [4.78, 5) is 10.8. The average molecular weight is 237 g/mol. The van der Waals surface area contributed by atoms with Crippen LogP contribution < -0.4 is 0 Å². The number of carbonyl (C=O) groups is 1. The third-order valence-electron chi connectivity index (χ3n) is 1.86. The smallest absolute Gasteiger partial charge is 0.309 e. The van der Waals surface area contributed by atoms with Crippen LogP contribution in [0.15, 0.2) is 0 Å². The number of aliphatic carboxylic acids is 1. The van der Waals surface area contributed by atoms with Crippen molar-refractivity contribution in [2.24, 2.45) is 10.8 Å². The lowest BCUT2D eigenvalue weighted by molar-refractivity contribution is -0.148. The van der Waals surface area contributed by atoms with E-state index in [1.807, 2.05) is 0 Å². The number of alkyl halides is 1. The first kappa shape index (κ1) is 11.9. The van der Waals surface area contributed by atoms with E-state index in [4.69, 9.17) is 5.11 Å². The van der Waals surface area contributed by atoms with Crippen molar-refractivity contribution in [3.8, 4) is 0 Å². The zero-order valence-corrected chi connectivity index (χ0v) is 9.73. The van der Waals surface area contributed by atoms with E-state index in [9.17, 15) is 4.79 Å². The number of halogens is 1. The van der Waals surface area contributed by atoms with Crippen LogP contribution in [0.25, 0.3) is 0 Å². The van der Waals surface area contributed by atoms with Gasteiger partial charge in [-0.1, -0.05) is 29.8 Å². The van der Waals surface area contributed by atoms with Gasteiger partial charge in [-0.2, -0.15) is 0 Å². The fourth-order valence-electron chi connectivity index (χ4n) is 1.32. The van der Waals surface area contributed by atoms with Gasteiger partial charge in [0.05, 0.1) is 5.41 Å². The summed E-state index contributed by atoms with van der Waals surface area (Å²) >= 11 is 3.38. The Bertz CT molecular complexity index is 173. The van der Waals surface area contributed by atoms with Gasteiger partial charge in [0.25, 0.3) is 0 Å². The molecule has 0 bridgehead atoms. The lowest BCUT2D eigenvalue weighted by Gasteiger charge is -2.30. The lowest BCUT2D eigenvalue weighted by atomic mass is 9.76. The monoisotopic (exact) mass is 236 g/mol. The highest BCUT2D eigenvalue weighted by Gasteiger charge is 2.33. The zero-order chi connectivity index (χ0) is 9.99. The highest BCUT2D eigenvalue weighted by Crippen LogP contribution is 2.34. The Balaban J connectivity index is 4.34. The van der Waals surface area contributed by atoms with Gasteiger partial charge < -0.3 is 5.11 Å². The van der Waals surface area contributed by atoms with Crippen LogP contribution in [-0.4, -0.2) is 16.4 Å². The van der Waals surface area contributed by atoms with E-state index in [-0.39, 0.29) is 5.41 Å². The van der Waals surface area contributed by atoms with Gasteiger partial charge in [0, 0.05) is 5.33 Å². The molecule has 0 amide bonds. The van der Waals surface area contributed by atoms with E-state index in [1.165, 1.54) is 0 Å². The standard InChI is InChI=1S/C9H17BrO2/c1-8(2,6-10)5-9(3,4)7(11)12/h5-6H2,1-4H3,(H,11,12). The summed E-state index contributed by atoms with van der Waals surface area (Å²) in [5.74, 6) is -0.725. The van der Waals surface area contributed by atoms with E-state index < -0.39 is 11.4 Å². The molecule has 1 N–H and O–H groups in total. The van der Waals surface area contributed by atoms with Gasteiger partial charge in [-0.25, -0.2) is 0 Å². The van der Waals surface area contributed by atoms with Crippen molar-refractivity contribution in [1.82, 2.24) is 0 Å². The Morgan fingerprint density at radius 2 is 1.75 bits per heavy atom. The first-order chi connectivity index (χ1) is 5.21. The molecule has 0 fully saturated rings. The van der Waals surface area contributed by atoms with Crippen LogP contribution in [0, 0.1) is 10.8 Å². The summed E-state index contributed by atoms with van der Waals surface area (Å²) in [6.45, 7) is 7.65. The molecule has 0 aromatic rings. The fourth-order valence-corrected chi connectivity index (χ4v) is 1.52. The van der Waals surface area contributed by atoms with E-state index in [1.54, 1.807) is 13.8 Å². The van der Waals surface area contributed by atoms with E-state index in [0.29, 0.717) is 6.42 Å². The number of carboxylic acid groups (broad SMARTS) is 1. The van der Waals surface area contributed by atoms with Crippen molar-refractivity contribution >= 4 is 21.9 Å². The maximum Gasteiger partial charge on any atom is 0.309 e. The van der Waals surface area contributed by atoms with Gasteiger partial charge >= 0.3 is 5.97 Å². The second-order valence-electron chi connectivity index (χ2n) is 4.66. The fraction of sp³-hybridized carbons (Fsp3) is 0.889. The SMILES string of the molecule is CC(C)(CBr)CC(C)(C)C(=O)O. The molecule has 0 atom stereocenters. The number of carboxylic acids is 1. The minimum absolute atomic E-state index is 0.0435. The summed E-state index contributed by atoms with van der Waals surface area (Å²) in [5, 5.41) is 9.71. The molecule has 0 aliphatic carbocycles. The molecule has 0 saturated heterocycles. The highest BCUT2D eigenvalue weighted by atomic mass is 79.9. The van der Waals surface area contributed by atoms with E-state index in [0.717, 1.165) is 5.33 Å². The normalized spacial score (nSPS) is 13.1. The summed E-state index contributed by atoms with van der Waals surface area (Å²) in [7, 11) is 0. The Labute approximate surface area is 82.5 Å². The molecule has 0 rings (SSSR count). The van der Waals surface area contributed by atoms with Crippen molar-refractivity contribution in [2.45, 2.75) is 34.1 Å². The quantitative estimate of drug-likeness (QED) is 0.763. The molecule has 2 nitrogen and oxygen atoms in total. The van der Waals surface area contributed by atoms with Crippen molar-refractivity contribution < 1.29 is 9.90 Å². The molecule has 0 saturated carbocycles. The van der Waals surface area contributed by atoms with Crippen molar-refractivity contribution in [3.05, 3.63) is 0 Å². The maximum atomic E-state index is 10.8. The maximum absolute atomic E-state index is 10.8. The van der Waals surface area contributed by atoms with Gasteiger partial charge in [-0.05, 0) is 25.7 Å². The molecule has 0 aliphatic heterocycles. The van der Waals surface area contributed by atoms with Crippen molar-refractivity contribution in [2.75, 3.05) is 5.33 Å². The number of hydrogen-bond donors (Lipinski definition) is 1. The molecule has 0 aromatic carbocycles. The summed E-state index contributed by atoms with van der Waals surface area (Å²) in [6, 6.07) is 0. The predicted octanol–water partition coefficient (Wildman–Crippen LogP) is 2.91. The minimum Gasteiger partial charge on any atom is -0.481 e. The molecule has 12 heavy (non-hydrogen) atoms. The summed E-state index contributed by atoms with van der Waals surface area (Å²) < 4.78 is 0. The Morgan fingerprint density at radius 1 is 1.33 bits per heavy atom. The van der Waals surface area contributed by atoms with Crippen LogP contribution in [0.5, 0.6) is 0 Å². The topological polar surface area (TPSA) is 37.3 Å². The molecule has 72 valence electrons. The Kier molecular flexibility index (Phi) is 3.76. The third-order valence-corrected chi connectivity index (χ3v) is 3.38. The summed E-state index contributed by atoms with van der Waals surface area (Å²) in [6.07, 6.45) is 0.681. The van der Waals surface area contributed by atoms with E-state index >= 15 is 0 Å². The van der Waals surface area contributed by atoms with Gasteiger partial charge in [-0.3, -0.25) is 4.79 Å². The second-order valence-corrected chi connectivity index (χ2v) is 5.22. The molecule has 0 aromatic heterocycles. The van der Waals surface area contributed by atoms with Gasteiger partial charge in [0.1, 0.15) is 0 Å². The Morgan fingerprint density at radius 3 is 2.00 bits per heavy atom. The molecule has 0 unspecified atom stereocenters. The van der Waals surface area contributed by atoms with Gasteiger partial charge in [0.15, 0.2) is 0 Å². The predicted molar refractivity (Wildman–Crippen MR) is 53.6 cm³/mol.